The van der Waals surface area contributed by atoms with Crippen LogP contribution in [-0.2, 0) is 6.54 Å². The highest BCUT2D eigenvalue weighted by Gasteiger charge is 2.08. The van der Waals surface area contributed by atoms with Gasteiger partial charge in [0.1, 0.15) is 0 Å². The van der Waals surface area contributed by atoms with Crippen LogP contribution in [0.1, 0.15) is 12.5 Å². The van der Waals surface area contributed by atoms with Crippen LogP contribution in [0.15, 0.2) is 76.6 Å². The molecule has 1 atom stereocenters. The Morgan fingerprint density at radius 2 is 1.71 bits per heavy atom. The van der Waals surface area contributed by atoms with Crippen molar-refractivity contribution in [3.63, 3.8) is 0 Å². The van der Waals surface area contributed by atoms with Gasteiger partial charge in [0.25, 0.3) is 0 Å². The van der Waals surface area contributed by atoms with Gasteiger partial charge in [-0.1, -0.05) is 49.4 Å². The third kappa shape index (κ3) is 7.05. The van der Waals surface area contributed by atoms with Crippen LogP contribution in [0.3, 0.4) is 0 Å². The van der Waals surface area contributed by atoms with Crippen LogP contribution in [0, 0.1) is 0 Å². The Kier molecular flexibility index (Phi) is 9.70. The number of hydrogen-bond donors (Lipinski definition) is 2. The molecule has 0 fully saturated rings. The molecule has 28 heavy (non-hydrogen) atoms. The van der Waals surface area contributed by atoms with Crippen molar-refractivity contribution in [3.05, 3.63) is 72.3 Å². The first kappa shape index (κ1) is 22.6. The lowest BCUT2D eigenvalue weighted by Crippen LogP contribution is -2.39. The number of anilines is 1. The SMILES string of the molecule is CN=C(NCc1ccc(N2CC=CC2)cc1)NCC(C)Sc1ccccc1.I. The molecular weight excluding hydrogens is 479 g/mol. The fourth-order valence-corrected chi connectivity index (χ4v) is 3.88. The first-order valence-corrected chi connectivity index (χ1v) is 10.3. The van der Waals surface area contributed by atoms with Crippen molar-refractivity contribution in [2.45, 2.75) is 23.6 Å². The van der Waals surface area contributed by atoms with Crippen LogP contribution in [0.2, 0.25) is 0 Å². The molecule has 2 N–H and O–H groups in total. The largest absolute Gasteiger partial charge is 0.364 e. The van der Waals surface area contributed by atoms with Gasteiger partial charge in [-0.2, -0.15) is 0 Å². The summed E-state index contributed by atoms with van der Waals surface area (Å²) in [4.78, 5) is 7.98. The minimum Gasteiger partial charge on any atom is -0.364 e. The number of halogens is 1. The molecule has 0 saturated carbocycles. The van der Waals surface area contributed by atoms with Gasteiger partial charge in [-0.3, -0.25) is 4.99 Å². The molecular formula is C22H29IN4S. The van der Waals surface area contributed by atoms with Crippen LogP contribution in [0.5, 0.6) is 0 Å². The average Bonchev–Trinajstić information content (AvgIpc) is 3.24. The molecule has 2 aromatic carbocycles. The summed E-state index contributed by atoms with van der Waals surface area (Å²) in [5.41, 5.74) is 2.53. The molecule has 1 aliphatic rings. The molecule has 0 spiro atoms. The van der Waals surface area contributed by atoms with Crippen LogP contribution in [0.4, 0.5) is 5.69 Å². The van der Waals surface area contributed by atoms with Gasteiger partial charge >= 0.3 is 0 Å². The molecule has 1 heterocycles. The van der Waals surface area contributed by atoms with Crippen molar-refractivity contribution < 1.29 is 0 Å². The molecule has 4 nitrogen and oxygen atoms in total. The van der Waals surface area contributed by atoms with E-state index in [1.54, 1.807) is 0 Å². The summed E-state index contributed by atoms with van der Waals surface area (Å²) < 4.78 is 0. The highest BCUT2D eigenvalue weighted by Crippen LogP contribution is 2.22. The van der Waals surface area contributed by atoms with Gasteiger partial charge in [0.2, 0.25) is 0 Å². The summed E-state index contributed by atoms with van der Waals surface area (Å²) in [7, 11) is 1.81. The standard InChI is InChI=1S/C22H28N4S.HI/c1-18(27-21-8-4-3-5-9-21)16-24-22(23-2)25-17-19-10-12-20(13-11-19)26-14-6-7-15-26;/h3-13,18H,14-17H2,1-2H3,(H2,23,24,25);1H. The Labute approximate surface area is 189 Å². The second kappa shape index (κ2) is 12.0. The van der Waals surface area contributed by atoms with Gasteiger partial charge in [0.15, 0.2) is 5.96 Å². The summed E-state index contributed by atoms with van der Waals surface area (Å²) in [6, 6.07) is 19.3. The molecule has 0 radical (unpaired) electrons. The second-order valence-electron chi connectivity index (χ2n) is 6.59. The number of benzene rings is 2. The summed E-state index contributed by atoms with van der Waals surface area (Å²) in [5, 5.41) is 7.27. The van der Waals surface area contributed by atoms with Crippen LogP contribution < -0.4 is 15.5 Å². The van der Waals surface area contributed by atoms with Crippen molar-refractivity contribution >= 4 is 47.4 Å². The number of nitrogens with zero attached hydrogens (tertiary/aromatic N) is 2. The molecule has 1 unspecified atom stereocenters. The Bertz CT molecular complexity index is 754. The predicted octanol–water partition coefficient (Wildman–Crippen LogP) is 4.53. The van der Waals surface area contributed by atoms with Crippen LogP contribution in [-0.4, -0.2) is 37.9 Å². The molecule has 150 valence electrons. The van der Waals surface area contributed by atoms with E-state index in [-0.39, 0.29) is 24.0 Å². The van der Waals surface area contributed by atoms with E-state index in [1.807, 2.05) is 24.9 Å². The number of thioether (sulfide) groups is 1. The smallest absolute Gasteiger partial charge is 0.191 e. The fraction of sp³-hybridized carbons (Fsp3) is 0.318. The zero-order valence-corrected chi connectivity index (χ0v) is 19.6. The number of hydrogen-bond acceptors (Lipinski definition) is 3. The number of aliphatic imine (C=N–C) groups is 1. The number of rotatable bonds is 7. The molecule has 0 saturated heterocycles. The van der Waals surface area contributed by atoms with E-state index in [0.29, 0.717) is 5.25 Å². The zero-order valence-electron chi connectivity index (χ0n) is 16.5. The monoisotopic (exact) mass is 508 g/mol. The Hall–Kier alpha value is -1.67. The Morgan fingerprint density at radius 3 is 2.36 bits per heavy atom. The molecule has 0 aliphatic carbocycles. The van der Waals surface area contributed by atoms with Gasteiger partial charge in [0.05, 0.1) is 0 Å². The number of nitrogens with one attached hydrogen (secondary N) is 2. The lowest BCUT2D eigenvalue weighted by atomic mass is 10.2. The number of guanidine groups is 1. The summed E-state index contributed by atoms with van der Waals surface area (Å²) in [6.45, 7) is 5.86. The van der Waals surface area contributed by atoms with E-state index in [1.165, 1.54) is 16.1 Å². The molecule has 0 amide bonds. The first-order valence-electron chi connectivity index (χ1n) is 9.39. The molecule has 3 rings (SSSR count). The highest BCUT2D eigenvalue weighted by molar-refractivity contribution is 14.0. The van der Waals surface area contributed by atoms with Crippen molar-refractivity contribution in [2.75, 3.05) is 31.6 Å². The van der Waals surface area contributed by atoms with Crippen LogP contribution in [0.25, 0.3) is 0 Å². The lowest BCUT2D eigenvalue weighted by Gasteiger charge is -2.18. The van der Waals surface area contributed by atoms with Gasteiger partial charge < -0.3 is 15.5 Å². The Morgan fingerprint density at radius 1 is 1.04 bits per heavy atom. The van der Waals surface area contributed by atoms with Gasteiger partial charge in [-0.25, -0.2) is 0 Å². The van der Waals surface area contributed by atoms with E-state index in [9.17, 15) is 0 Å². The van der Waals surface area contributed by atoms with E-state index >= 15 is 0 Å². The third-order valence-electron chi connectivity index (χ3n) is 4.44. The maximum atomic E-state index is 4.33. The summed E-state index contributed by atoms with van der Waals surface area (Å²) in [5.74, 6) is 0.836. The van der Waals surface area contributed by atoms with E-state index in [0.717, 1.165) is 32.1 Å². The minimum absolute atomic E-state index is 0. The van der Waals surface area contributed by atoms with Crippen molar-refractivity contribution in [2.24, 2.45) is 4.99 Å². The van der Waals surface area contributed by atoms with Gasteiger partial charge in [-0.15, -0.1) is 35.7 Å². The minimum atomic E-state index is 0. The topological polar surface area (TPSA) is 39.7 Å². The second-order valence-corrected chi connectivity index (χ2v) is 8.10. The van der Waals surface area contributed by atoms with Crippen molar-refractivity contribution in [1.29, 1.82) is 0 Å². The normalized spacial score (nSPS) is 14.5. The first-order chi connectivity index (χ1) is 13.2. The molecule has 1 aliphatic heterocycles. The van der Waals surface area contributed by atoms with Crippen molar-refractivity contribution in [1.82, 2.24) is 10.6 Å². The van der Waals surface area contributed by atoms with E-state index < -0.39 is 0 Å². The zero-order chi connectivity index (χ0) is 18.9. The molecule has 0 aromatic heterocycles. The molecule has 2 aromatic rings. The molecule has 6 heteroatoms. The van der Waals surface area contributed by atoms with E-state index in [4.69, 9.17) is 0 Å². The lowest BCUT2D eigenvalue weighted by molar-refractivity contribution is 0.790. The Balaban J connectivity index is 0.00000280. The quantitative estimate of drug-likeness (QED) is 0.190. The maximum Gasteiger partial charge on any atom is 0.191 e. The highest BCUT2D eigenvalue weighted by atomic mass is 127. The van der Waals surface area contributed by atoms with Gasteiger partial charge in [-0.05, 0) is 29.8 Å². The summed E-state index contributed by atoms with van der Waals surface area (Å²) >= 11 is 1.87. The van der Waals surface area contributed by atoms with Crippen LogP contribution >= 0.6 is 35.7 Å². The average molecular weight is 508 g/mol. The van der Waals surface area contributed by atoms with Crippen molar-refractivity contribution in [3.8, 4) is 0 Å². The summed E-state index contributed by atoms with van der Waals surface area (Å²) in [6.07, 6.45) is 4.42. The fourth-order valence-electron chi connectivity index (χ4n) is 2.93. The molecule has 0 bridgehead atoms. The maximum absolute atomic E-state index is 4.33. The third-order valence-corrected chi connectivity index (χ3v) is 5.55. The predicted molar refractivity (Wildman–Crippen MR) is 133 cm³/mol. The van der Waals surface area contributed by atoms with E-state index in [2.05, 4.69) is 88.1 Å². The van der Waals surface area contributed by atoms with Gasteiger partial charge in [0, 0.05) is 49.1 Å².